The van der Waals surface area contributed by atoms with Crippen LogP contribution in [0.5, 0.6) is 5.75 Å². The third-order valence-corrected chi connectivity index (χ3v) is 2.10. The number of phenols is 1. The molecule has 0 amide bonds. The first kappa shape index (κ1) is 11.2. The fourth-order valence-electron chi connectivity index (χ4n) is 1.25. The fraction of sp³-hybridized carbons (Fsp3) is 0.273. The summed E-state index contributed by atoms with van der Waals surface area (Å²) in [5.41, 5.74) is 1.54. The summed E-state index contributed by atoms with van der Waals surface area (Å²) in [5.74, 6) is 0.0633. The smallest absolute Gasteiger partial charge is 0.246 e. The van der Waals surface area contributed by atoms with Crippen molar-refractivity contribution in [3.8, 4) is 5.75 Å². The van der Waals surface area contributed by atoms with Crippen LogP contribution in [0.2, 0.25) is 0 Å². The van der Waals surface area contributed by atoms with Crippen LogP contribution >= 0.6 is 0 Å². The van der Waals surface area contributed by atoms with Gasteiger partial charge in [-0.3, -0.25) is 10.1 Å². The van der Waals surface area contributed by atoms with Crippen LogP contribution in [0, 0.1) is 17.0 Å². The first-order chi connectivity index (χ1) is 7.04. The lowest BCUT2D eigenvalue weighted by atomic mass is 10.1. The van der Waals surface area contributed by atoms with Gasteiger partial charge in [-0.1, -0.05) is 18.6 Å². The van der Waals surface area contributed by atoms with Gasteiger partial charge in [0.1, 0.15) is 5.75 Å². The molecular weight excluding hydrogens is 194 g/mol. The SMILES string of the molecule is CCC(=Cc1cc(C)ccc1O)[N+](=O)[O-]. The second kappa shape index (κ2) is 4.59. The van der Waals surface area contributed by atoms with Gasteiger partial charge in [0.2, 0.25) is 5.70 Å². The molecule has 0 aliphatic heterocycles. The van der Waals surface area contributed by atoms with Gasteiger partial charge in [-0.25, -0.2) is 0 Å². The minimum absolute atomic E-state index is 0.0633. The van der Waals surface area contributed by atoms with Crippen LogP contribution in [-0.4, -0.2) is 10.0 Å². The number of nitro groups is 1. The van der Waals surface area contributed by atoms with E-state index < -0.39 is 4.92 Å². The summed E-state index contributed by atoms with van der Waals surface area (Å²) in [5, 5.41) is 20.1. The number of phenolic OH excluding ortho intramolecular Hbond substituents is 1. The van der Waals surface area contributed by atoms with Crippen molar-refractivity contribution >= 4 is 6.08 Å². The minimum atomic E-state index is -0.429. The van der Waals surface area contributed by atoms with Gasteiger partial charge in [0.25, 0.3) is 0 Å². The Kier molecular flexibility index (Phi) is 3.44. The second-order valence-electron chi connectivity index (χ2n) is 3.31. The molecular formula is C11H13NO3. The summed E-state index contributed by atoms with van der Waals surface area (Å²) in [7, 11) is 0. The van der Waals surface area contributed by atoms with Crippen molar-refractivity contribution in [1.82, 2.24) is 0 Å². The standard InChI is InChI=1S/C11H13NO3/c1-3-10(12(14)15)7-9-6-8(2)4-5-11(9)13/h4-7,13H,3H2,1-2H3. The van der Waals surface area contributed by atoms with Crippen molar-refractivity contribution in [2.75, 3.05) is 0 Å². The molecule has 0 unspecified atom stereocenters. The molecule has 1 N–H and O–H groups in total. The molecule has 0 atom stereocenters. The second-order valence-corrected chi connectivity index (χ2v) is 3.31. The number of benzene rings is 1. The van der Waals surface area contributed by atoms with Gasteiger partial charge in [-0.15, -0.1) is 0 Å². The van der Waals surface area contributed by atoms with Crippen molar-refractivity contribution < 1.29 is 10.0 Å². The molecule has 0 radical (unpaired) electrons. The van der Waals surface area contributed by atoms with E-state index in [1.54, 1.807) is 19.1 Å². The average Bonchev–Trinajstić information content (AvgIpc) is 2.18. The average molecular weight is 207 g/mol. The zero-order valence-electron chi connectivity index (χ0n) is 8.73. The molecule has 1 aromatic carbocycles. The van der Waals surface area contributed by atoms with Crippen LogP contribution in [0.3, 0.4) is 0 Å². The molecule has 0 aliphatic rings. The Morgan fingerprint density at radius 2 is 2.27 bits per heavy atom. The minimum Gasteiger partial charge on any atom is -0.507 e. The van der Waals surface area contributed by atoms with Crippen molar-refractivity contribution in [1.29, 1.82) is 0 Å². The van der Waals surface area contributed by atoms with Gasteiger partial charge < -0.3 is 5.11 Å². The van der Waals surface area contributed by atoms with Crippen LogP contribution in [0.15, 0.2) is 23.9 Å². The molecule has 0 saturated heterocycles. The predicted molar refractivity (Wildman–Crippen MR) is 58.1 cm³/mol. The Morgan fingerprint density at radius 3 is 2.80 bits per heavy atom. The van der Waals surface area contributed by atoms with E-state index in [-0.39, 0.29) is 11.4 Å². The molecule has 80 valence electrons. The van der Waals surface area contributed by atoms with E-state index in [0.717, 1.165) is 5.56 Å². The van der Waals surface area contributed by atoms with E-state index in [0.29, 0.717) is 12.0 Å². The molecule has 0 saturated carbocycles. The lowest BCUT2D eigenvalue weighted by Gasteiger charge is -2.01. The zero-order valence-corrected chi connectivity index (χ0v) is 8.73. The van der Waals surface area contributed by atoms with E-state index in [1.165, 1.54) is 12.1 Å². The molecule has 0 fully saturated rings. The molecule has 0 bridgehead atoms. The third-order valence-electron chi connectivity index (χ3n) is 2.10. The number of allylic oxidation sites excluding steroid dienone is 1. The highest BCUT2D eigenvalue weighted by atomic mass is 16.6. The van der Waals surface area contributed by atoms with E-state index in [9.17, 15) is 15.2 Å². The number of hydrogen-bond donors (Lipinski definition) is 1. The summed E-state index contributed by atoms with van der Waals surface area (Å²) in [6.07, 6.45) is 1.74. The van der Waals surface area contributed by atoms with Crippen molar-refractivity contribution in [2.45, 2.75) is 20.3 Å². The van der Waals surface area contributed by atoms with Gasteiger partial charge >= 0.3 is 0 Å². The van der Waals surface area contributed by atoms with E-state index >= 15 is 0 Å². The maximum Gasteiger partial charge on any atom is 0.246 e. The first-order valence-corrected chi connectivity index (χ1v) is 4.69. The third kappa shape index (κ3) is 2.80. The van der Waals surface area contributed by atoms with E-state index in [1.807, 2.05) is 6.92 Å². The summed E-state index contributed by atoms with van der Waals surface area (Å²) >= 11 is 0. The maximum atomic E-state index is 10.6. The van der Waals surface area contributed by atoms with Crippen LogP contribution < -0.4 is 0 Å². The lowest BCUT2D eigenvalue weighted by Crippen LogP contribution is -1.96. The number of nitrogens with zero attached hydrogens (tertiary/aromatic N) is 1. The van der Waals surface area contributed by atoms with Gasteiger partial charge in [0, 0.05) is 18.1 Å². The number of hydrogen-bond acceptors (Lipinski definition) is 3. The van der Waals surface area contributed by atoms with Crippen LogP contribution in [-0.2, 0) is 0 Å². The highest BCUT2D eigenvalue weighted by Crippen LogP contribution is 2.21. The Balaban J connectivity index is 3.16. The fourth-order valence-corrected chi connectivity index (χ4v) is 1.25. The largest absolute Gasteiger partial charge is 0.507 e. The highest BCUT2D eigenvalue weighted by molar-refractivity contribution is 5.59. The van der Waals surface area contributed by atoms with Gasteiger partial charge in [-0.2, -0.15) is 0 Å². The molecule has 4 heteroatoms. The predicted octanol–water partition coefficient (Wildman–Crippen LogP) is 2.73. The van der Waals surface area contributed by atoms with Gasteiger partial charge in [0.05, 0.1) is 4.92 Å². The van der Waals surface area contributed by atoms with Crippen molar-refractivity contribution in [3.63, 3.8) is 0 Å². The summed E-state index contributed by atoms with van der Waals surface area (Å²) in [6.45, 7) is 3.58. The number of aryl methyl sites for hydroxylation is 1. The quantitative estimate of drug-likeness (QED) is 0.612. The number of aromatic hydroxyl groups is 1. The van der Waals surface area contributed by atoms with Gasteiger partial charge in [0.15, 0.2) is 0 Å². The van der Waals surface area contributed by atoms with Crippen LogP contribution in [0.4, 0.5) is 0 Å². The monoisotopic (exact) mass is 207 g/mol. The Bertz CT molecular complexity index is 410. The molecule has 4 nitrogen and oxygen atoms in total. The normalized spacial score (nSPS) is 11.5. The molecule has 0 spiro atoms. The van der Waals surface area contributed by atoms with Crippen molar-refractivity contribution in [2.24, 2.45) is 0 Å². The molecule has 0 heterocycles. The van der Waals surface area contributed by atoms with Gasteiger partial charge in [-0.05, 0) is 19.1 Å². The molecule has 0 aliphatic carbocycles. The summed E-state index contributed by atoms with van der Waals surface area (Å²) < 4.78 is 0. The highest BCUT2D eigenvalue weighted by Gasteiger charge is 2.09. The molecule has 1 aromatic rings. The maximum absolute atomic E-state index is 10.6. The first-order valence-electron chi connectivity index (χ1n) is 4.69. The van der Waals surface area contributed by atoms with Crippen LogP contribution in [0.1, 0.15) is 24.5 Å². The van der Waals surface area contributed by atoms with E-state index in [4.69, 9.17) is 0 Å². The van der Waals surface area contributed by atoms with Crippen LogP contribution in [0.25, 0.3) is 6.08 Å². The Labute approximate surface area is 88.0 Å². The summed E-state index contributed by atoms with van der Waals surface area (Å²) in [4.78, 5) is 10.2. The zero-order chi connectivity index (χ0) is 11.4. The Hall–Kier alpha value is -1.84. The summed E-state index contributed by atoms with van der Waals surface area (Å²) in [6, 6.07) is 5.01. The topological polar surface area (TPSA) is 63.4 Å². The van der Waals surface area contributed by atoms with Crippen molar-refractivity contribution in [3.05, 3.63) is 45.1 Å². The number of rotatable bonds is 3. The lowest BCUT2D eigenvalue weighted by molar-refractivity contribution is -0.425. The molecule has 1 rings (SSSR count). The Morgan fingerprint density at radius 1 is 1.60 bits per heavy atom. The molecule has 15 heavy (non-hydrogen) atoms. The molecule has 0 aromatic heterocycles. The van der Waals surface area contributed by atoms with E-state index in [2.05, 4.69) is 0 Å².